The summed E-state index contributed by atoms with van der Waals surface area (Å²) in [4.78, 5) is 4.71. The number of halogens is 1. The van der Waals surface area contributed by atoms with Crippen molar-refractivity contribution >= 4 is 17.4 Å². The smallest absolute Gasteiger partial charge is 0.182 e. The minimum absolute atomic E-state index is 0.606. The van der Waals surface area contributed by atoms with Crippen LogP contribution >= 0.6 is 11.6 Å². The standard InChI is InChI=1S/C18H17ClN4.C5H11N/c1-2-20-18-16(12-13-6-4-3-5-7-13)21-17(22-23-18)14-8-10-15(19)11-9-14;1-2-4-6-5-3-1/h3-11H,2,12H2,1H3,(H,20,23);6H,1-5H2. The third kappa shape index (κ3) is 6.80. The van der Waals surface area contributed by atoms with Gasteiger partial charge in [-0.05, 0) is 62.7 Å². The Morgan fingerprint density at radius 1 is 0.931 bits per heavy atom. The van der Waals surface area contributed by atoms with Crippen LogP contribution in [0.25, 0.3) is 11.4 Å². The molecule has 6 heteroatoms. The summed E-state index contributed by atoms with van der Waals surface area (Å²) in [5.41, 5.74) is 2.98. The summed E-state index contributed by atoms with van der Waals surface area (Å²) < 4.78 is 0. The average Bonchev–Trinajstić information content (AvgIpc) is 2.78. The topological polar surface area (TPSA) is 62.7 Å². The van der Waals surface area contributed by atoms with Gasteiger partial charge in [-0.2, -0.15) is 0 Å². The molecule has 3 aromatic rings. The highest BCUT2D eigenvalue weighted by atomic mass is 35.5. The Morgan fingerprint density at radius 3 is 2.24 bits per heavy atom. The molecule has 0 unspecified atom stereocenters. The van der Waals surface area contributed by atoms with E-state index in [1.54, 1.807) is 0 Å². The van der Waals surface area contributed by atoms with Crippen molar-refractivity contribution in [2.75, 3.05) is 25.0 Å². The molecule has 1 aliphatic heterocycles. The Labute approximate surface area is 177 Å². The van der Waals surface area contributed by atoms with Gasteiger partial charge < -0.3 is 10.6 Å². The summed E-state index contributed by atoms with van der Waals surface area (Å²) in [6.07, 6.45) is 4.92. The number of hydrogen-bond donors (Lipinski definition) is 2. The SMILES string of the molecule is C1CCNCC1.CCNc1nnc(-c2ccc(Cl)cc2)nc1Cc1ccccc1. The van der Waals surface area contributed by atoms with Crippen molar-refractivity contribution < 1.29 is 0 Å². The molecule has 0 aliphatic carbocycles. The Kier molecular flexibility index (Phi) is 8.40. The van der Waals surface area contributed by atoms with E-state index in [-0.39, 0.29) is 0 Å². The molecule has 2 N–H and O–H groups in total. The average molecular weight is 410 g/mol. The van der Waals surface area contributed by atoms with E-state index in [0.29, 0.717) is 17.3 Å². The highest BCUT2D eigenvalue weighted by Crippen LogP contribution is 2.21. The lowest BCUT2D eigenvalue weighted by molar-refractivity contribution is 0.520. The largest absolute Gasteiger partial charge is 0.367 e. The Hall–Kier alpha value is -2.50. The summed E-state index contributed by atoms with van der Waals surface area (Å²) in [6, 6.07) is 17.7. The van der Waals surface area contributed by atoms with Crippen molar-refractivity contribution in [3.8, 4) is 11.4 Å². The highest BCUT2D eigenvalue weighted by molar-refractivity contribution is 6.30. The Morgan fingerprint density at radius 2 is 1.66 bits per heavy atom. The summed E-state index contributed by atoms with van der Waals surface area (Å²) in [6.45, 7) is 5.31. The molecule has 1 fully saturated rings. The van der Waals surface area contributed by atoms with Crippen LogP contribution in [0.1, 0.15) is 37.4 Å². The maximum Gasteiger partial charge on any atom is 0.182 e. The summed E-state index contributed by atoms with van der Waals surface area (Å²) in [5.74, 6) is 1.34. The molecule has 0 atom stereocenters. The molecule has 2 aromatic carbocycles. The van der Waals surface area contributed by atoms with E-state index in [9.17, 15) is 0 Å². The van der Waals surface area contributed by atoms with Crippen LogP contribution < -0.4 is 10.6 Å². The van der Waals surface area contributed by atoms with E-state index in [1.807, 2.05) is 49.4 Å². The molecule has 0 spiro atoms. The van der Waals surface area contributed by atoms with Crippen LogP contribution in [-0.4, -0.2) is 34.8 Å². The number of nitrogens with zero attached hydrogens (tertiary/aromatic N) is 3. The van der Waals surface area contributed by atoms with Crippen molar-refractivity contribution in [1.29, 1.82) is 0 Å². The van der Waals surface area contributed by atoms with Crippen LogP contribution in [0.5, 0.6) is 0 Å². The fourth-order valence-electron chi connectivity index (χ4n) is 3.10. The summed E-state index contributed by atoms with van der Waals surface area (Å²) in [7, 11) is 0. The van der Waals surface area contributed by atoms with Crippen molar-refractivity contribution in [3.63, 3.8) is 0 Å². The molecule has 2 heterocycles. The molecule has 5 nitrogen and oxygen atoms in total. The molecule has 152 valence electrons. The van der Waals surface area contributed by atoms with E-state index in [1.165, 1.54) is 37.9 Å². The molecule has 29 heavy (non-hydrogen) atoms. The quantitative estimate of drug-likeness (QED) is 0.622. The zero-order valence-electron chi connectivity index (χ0n) is 16.9. The molecular weight excluding hydrogens is 382 g/mol. The Balaban J connectivity index is 0.000000343. The molecule has 0 bridgehead atoms. The van der Waals surface area contributed by atoms with Gasteiger partial charge >= 0.3 is 0 Å². The van der Waals surface area contributed by atoms with Gasteiger partial charge in [0.1, 0.15) is 0 Å². The van der Waals surface area contributed by atoms with Crippen LogP contribution in [0, 0.1) is 0 Å². The first-order chi connectivity index (χ1) is 14.3. The summed E-state index contributed by atoms with van der Waals surface area (Å²) >= 11 is 5.94. The predicted octanol–water partition coefficient (Wildman–Crippen LogP) is 4.97. The maximum absolute atomic E-state index is 5.94. The lowest BCUT2D eigenvalue weighted by Gasteiger charge is -2.10. The van der Waals surface area contributed by atoms with Crippen LogP contribution in [0.4, 0.5) is 5.82 Å². The number of benzene rings is 2. The second-order valence-electron chi connectivity index (χ2n) is 6.94. The predicted molar refractivity (Wildman–Crippen MR) is 120 cm³/mol. The van der Waals surface area contributed by atoms with E-state index >= 15 is 0 Å². The second-order valence-corrected chi connectivity index (χ2v) is 7.38. The van der Waals surface area contributed by atoms with Crippen molar-refractivity contribution in [2.45, 2.75) is 32.6 Å². The summed E-state index contributed by atoms with van der Waals surface area (Å²) in [5, 5.41) is 15.7. The second kappa shape index (κ2) is 11.5. The maximum atomic E-state index is 5.94. The van der Waals surface area contributed by atoms with Crippen LogP contribution in [0.3, 0.4) is 0 Å². The van der Waals surface area contributed by atoms with Gasteiger partial charge in [0.15, 0.2) is 11.6 Å². The third-order valence-electron chi connectivity index (χ3n) is 4.63. The molecule has 0 amide bonds. The van der Waals surface area contributed by atoms with Gasteiger partial charge in [-0.1, -0.05) is 48.4 Å². The van der Waals surface area contributed by atoms with Gasteiger partial charge in [-0.25, -0.2) is 4.98 Å². The first kappa shape index (κ1) is 21.2. The first-order valence-corrected chi connectivity index (χ1v) is 10.6. The minimum Gasteiger partial charge on any atom is -0.367 e. The molecular formula is C23H28ClN5. The van der Waals surface area contributed by atoms with Gasteiger partial charge in [0.2, 0.25) is 0 Å². The fourth-order valence-corrected chi connectivity index (χ4v) is 3.22. The normalized spacial score (nSPS) is 13.3. The van der Waals surface area contributed by atoms with Crippen LogP contribution in [0.15, 0.2) is 54.6 Å². The first-order valence-electron chi connectivity index (χ1n) is 10.2. The zero-order chi connectivity index (χ0) is 20.3. The van der Waals surface area contributed by atoms with Gasteiger partial charge in [0.05, 0.1) is 5.69 Å². The lowest BCUT2D eigenvalue weighted by Crippen LogP contribution is -2.21. The van der Waals surface area contributed by atoms with Crippen LogP contribution in [0.2, 0.25) is 5.02 Å². The van der Waals surface area contributed by atoms with Gasteiger partial charge in [-0.15, -0.1) is 10.2 Å². The van der Waals surface area contributed by atoms with Crippen molar-refractivity contribution in [1.82, 2.24) is 20.5 Å². The third-order valence-corrected chi connectivity index (χ3v) is 4.88. The van der Waals surface area contributed by atoms with Gasteiger partial charge in [0.25, 0.3) is 0 Å². The number of hydrogen-bond acceptors (Lipinski definition) is 5. The number of nitrogens with one attached hydrogen (secondary N) is 2. The zero-order valence-corrected chi connectivity index (χ0v) is 17.6. The molecule has 4 rings (SSSR count). The highest BCUT2D eigenvalue weighted by Gasteiger charge is 2.11. The number of anilines is 1. The molecule has 0 saturated carbocycles. The van der Waals surface area contributed by atoms with Gasteiger partial charge in [-0.3, -0.25) is 0 Å². The minimum atomic E-state index is 0.606. The molecule has 0 radical (unpaired) electrons. The molecule has 1 aliphatic rings. The Bertz CT molecular complexity index is 853. The van der Waals surface area contributed by atoms with Crippen molar-refractivity contribution in [3.05, 3.63) is 70.9 Å². The van der Waals surface area contributed by atoms with E-state index in [2.05, 4.69) is 33.0 Å². The van der Waals surface area contributed by atoms with E-state index in [4.69, 9.17) is 16.6 Å². The molecule has 1 saturated heterocycles. The van der Waals surface area contributed by atoms with Crippen molar-refractivity contribution in [2.24, 2.45) is 0 Å². The number of rotatable bonds is 5. The van der Waals surface area contributed by atoms with E-state index in [0.717, 1.165) is 23.6 Å². The number of piperidine rings is 1. The molecule has 1 aromatic heterocycles. The fraction of sp³-hybridized carbons (Fsp3) is 0.348. The monoisotopic (exact) mass is 409 g/mol. The number of aromatic nitrogens is 3. The van der Waals surface area contributed by atoms with E-state index < -0.39 is 0 Å². The van der Waals surface area contributed by atoms with Crippen LogP contribution in [-0.2, 0) is 6.42 Å². The van der Waals surface area contributed by atoms with Gasteiger partial charge in [0, 0.05) is 23.6 Å². The lowest BCUT2D eigenvalue weighted by atomic mass is 10.1.